The SMILES string of the molecule is Cc1ccc(F)c(OCC(=O)Nc2ccc(N)cc2Br)c1. The van der Waals surface area contributed by atoms with Crippen LogP contribution in [0.4, 0.5) is 15.8 Å². The first-order valence-electron chi connectivity index (χ1n) is 6.19. The molecule has 4 nitrogen and oxygen atoms in total. The molecule has 0 saturated carbocycles. The average Bonchev–Trinajstić information content (AvgIpc) is 2.43. The Kier molecular flexibility index (Phi) is 4.80. The molecule has 0 aromatic heterocycles. The van der Waals surface area contributed by atoms with E-state index in [0.29, 0.717) is 15.8 Å². The van der Waals surface area contributed by atoms with Crippen LogP contribution < -0.4 is 15.8 Å². The van der Waals surface area contributed by atoms with E-state index in [2.05, 4.69) is 21.2 Å². The van der Waals surface area contributed by atoms with Crippen molar-refractivity contribution in [2.75, 3.05) is 17.7 Å². The molecular formula is C15H14BrFN2O2. The molecule has 2 aromatic rings. The largest absolute Gasteiger partial charge is 0.481 e. The maximum absolute atomic E-state index is 13.5. The number of rotatable bonds is 4. The molecule has 2 aromatic carbocycles. The minimum Gasteiger partial charge on any atom is -0.481 e. The van der Waals surface area contributed by atoms with Crippen molar-refractivity contribution in [3.8, 4) is 5.75 Å². The molecule has 0 spiro atoms. The second-order valence-electron chi connectivity index (χ2n) is 4.51. The number of anilines is 2. The third kappa shape index (κ3) is 4.19. The standard InChI is InChI=1S/C15H14BrFN2O2/c1-9-2-4-12(17)14(6-9)21-8-15(20)19-13-5-3-10(18)7-11(13)16/h2-7H,8,18H2,1H3,(H,19,20). The Balaban J connectivity index is 1.97. The number of carbonyl (C=O) groups excluding carboxylic acids is 1. The van der Waals surface area contributed by atoms with E-state index < -0.39 is 5.82 Å². The summed E-state index contributed by atoms with van der Waals surface area (Å²) in [5.74, 6) is -0.829. The molecule has 3 N–H and O–H groups in total. The van der Waals surface area contributed by atoms with Crippen LogP contribution in [0.5, 0.6) is 5.75 Å². The summed E-state index contributed by atoms with van der Waals surface area (Å²) >= 11 is 3.30. The van der Waals surface area contributed by atoms with Gasteiger partial charge >= 0.3 is 0 Å². The quantitative estimate of drug-likeness (QED) is 0.827. The molecule has 0 fully saturated rings. The summed E-state index contributed by atoms with van der Waals surface area (Å²) in [6, 6.07) is 9.50. The number of nitrogen functional groups attached to an aromatic ring is 1. The van der Waals surface area contributed by atoms with Gasteiger partial charge in [0.1, 0.15) is 0 Å². The van der Waals surface area contributed by atoms with Crippen molar-refractivity contribution >= 4 is 33.2 Å². The molecule has 21 heavy (non-hydrogen) atoms. The van der Waals surface area contributed by atoms with E-state index in [9.17, 15) is 9.18 Å². The highest BCUT2D eigenvalue weighted by Crippen LogP contribution is 2.24. The highest BCUT2D eigenvalue weighted by atomic mass is 79.9. The second-order valence-corrected chi connectivity index (χ2v) is 5.36. The van der Waals surface area contributed by atoms with Crippen LogP contribution in [-0.4, -0.2) is 12.5 Å². The van der Waals surface area contributed by atoms with E-state index in [1.165, 1.54) is 6.07 Å². The summed E-state index contributed by atoms with van der Waals surface area (Å²) in [5, 5.41) is 2.65. The number of amides is 1. The van der Waals surface area contributed by atoms with Gasteiger partial charge in [0.15, 0.2) is 18.2 Å². The summed E-state index contributed by atoms with van der Waals surface area (Å²) < 4.78 is 19.3. The van der Waals surface area contributed by atoms with Crippen molar-refractivity contribution in [3.63, 3.8) is 0 Å². The van der Waals surface area contributed by atoms with Crippen LogP contribution in [0.15, 0.2) is 40.9 Å². The number of carbonyl (C=O) groups is 1. The number of benzene rings is 2. The van der Waals surface area contributed by atoms with Gasteiger partial charge in [-0.3, -0.25) is 4.79 Å². The molecule has 6 heteroatoms. The number of nitrogens with two attached hydrogens (primary N) is 1. The highest BCUT2D eigenvalue weighted by Gasteiger charge is 2.09. The third-order valence-corrected chi connectivity index (χ3v) is 3.37. The number of nitrogens with one attached hydrogen (secondary N) is 1. The van der Waals surface area contributed by atoms with Crippen molar-refractivity contribution in [1.82, 2.24) is 0 Å². The number of hydrogen-bond acceptors (Lipinski definition) is 3. The fraction of sp³-hybridized carbons (Fsp3) is 0.133. The Morgan fingerprint density at radius 1 is 1.33 bits per heavy atom. The van der Waals surface area contributed by atoms with Crippen LogP contribution in [-0.2, 0) is 4.79 Å². The Morgan fingerprint density at radius 3 is 2.81 bits per heavy atom. The maximum Gasteiger partial charge on any atom is 0.262 e. The van der Waals surface area contributed by atoms with Crippen LogP contribution in [0, 0.1) is 12.7 Å². The van der Waals surface area contributed by atoms with E-state index in [4.69, 9.17) is 10.5 Å². The van der Waals surface area contributed by atoms with Crippen molar-refractivity contribution in [3.05, 3.63) is 52.3 Å². The fourth-order valence-corrected chi connectivity index (χ4v) is 2.18. The van der Waals surface area contributed by atoms with Crippen molar-refractivity contribution in [2.24, 2.45) is 0 Å². The van der Waals surface area contributed by atoms with Crippen molar-refractivity contribution in [2.45, 2.75) is 6.92 Å². The summed E-state index contributed by atoms with van der Waals surface area (Å²) in [4.78, 5) is 11.8. The Bertz CT molecular complexity index is 677. The summed E-state index contributed by atoms with van der Waals surface area (Å²) in [7, 11) is 0. The molecule has 0 aliphatic heterocycles. The van der Waals surface area contributed by atoms with Gasteiger partial charge in [0.2, 0.25) is 0 Å². The van der Waals surface area contributed by atoms with Crippen LogP contribution in [0.3, 0.4) is 0 Å². The van der Waals surface area contributed by atoms with E-state index in [-0.39, 0.29) is 18.3 Å². The van der Waals surface area contributed by atoms with Gasteiger partial charge in [-0.05, 0) is 58.7 Å². The normalized spacial score (nSPS) is 10.2. The smallest absolute Gasteiger partial charge is 0.262 e. The van der Waals surface area contributed by atoms with Gasteiger partial charge in [-0.2, -0.15) is 0 Å². The van der Waals surface area contributed by atoms with Crippen LogP contribution in [0.25, 0.3) is 0 Å². The zero-order valence-corrected chi connectivity index (χ0v) is 12.9. The Labute approximate surface area is 130 Å². The molecule has 0 unspecified atom stereocenters. The Morgan fingerprint density at radius 2 is 2.10 bits per heavy atom. The first-order valence-corrected chi connectivity index (χ1v) is 6.99. The molecule has 0 atom stereocenters. The first kappa shape index (κ1) is 15.3. The second kappa shape index (κ2) is 6.58. The molecule has 2 rings (SSSR count). The van der Waals surface area contributed by atoms with Crippen LogP contribution in [0.1, 0.15) is 5.56 Å². The van der Waals surface area contributed by atoms with Gasteiger partial charge < -0.3 is 15.8 Å². The lowest BCUT2D eigenvalue weighted by molar-refractivity contribution is -0.118. The monoisotopic (exact) mass is 352 g/mol. The van der Waals surface area contributed by atoms with E-state index >= 15 is 0 Å². The Hall–Kier alpha value is -2.08. The van der Waals surface area contributed by atoms with Gasteiger partial charge in [0, 0.05) is 10.2 Å². The lowest BCUT2D eigenvalue weighted by atomic mass is 10.2. The van der Waals surface area contributed by atoms with E-state index in [0.717, 1.165) is 5.56 Å². The van der Waals surface area contributed by atoms with E-state index in [1.54, 1.807) is 30.3 Å². The molecule has 0 saturated heterocycles. The van der Waals surface area contributed by atoms with Crippen molar-refractivity contribution in [1.29, 1.82) is 0 Å². The molecule has 0 heterocycles. The van der Waals surface area contributed by atoms with Crippen LogP contribution >= 0.6 is 15.9 Å². The number of halogens is 2. The van der Waals surface area contributed by atoms with Crippen molar-refractivity contribution < 1.29 is 13.9 Å². The predicted molar refractivity (Wildman–Crippen MR) is 83.8 cm³/mol. The average molecular weight is 353 g/mol. The zero-order valence-electron chi connectivity index (χ0n) is 11.3. The van der Waals surface area contributed by atoms with Gasteiger partial charge in [-0.1, -0.05) is 6.07 Å². The zero-order chi connectivity index (χ0) is 15.4. The molecular weight excluding hydrogens is 339 g/mol. The molecule has 1 amide bonds. The van der Waals surface area contributed by atoms with Gasteiger partial charge in [0.25, 0.3) is 5.91 Å². The highest BCUT2D eigenvalue weighted by molar-refractivity contribution is 9.10. The van der Waals surface area contributed by atoms with E-state index in [1.807, 2.05) is 6.92 Å². The first-order chi connectivity index (χ1) is 9.95. The molecule has 110 valence electrons. The molecule has 0 bridgehead atoms. The summed E-state index contributed by atoms with van der Waals surface area (Å²) in [6.45, 7) is 1.54. The number of ether oxygens (including phenoxy) is 1. The molecule has 0 radical (unpaired) electrons. The molecule has 0 aliphatic carbocycles. The van der Waals surface area contributed by atoms with Gasteiger partial charge in [-0.25, -0.2) is 4.39 Å². The van der Waals surface area contributed by atoms with Gasteiger partial charge in [-0.15, -0.1) is 0 Å². The fourth-order valence-electron chi connectivity index (χ4n) is 1.68. The minimum absolute atomic E-state index is 0.0570. The van der Waals surface area contributed by atoms with Crippen LogP contribution in [0.2, 0.25) is 0 Å². The van der Waals surface area contributed by atoms with Gasteiger partial charge in [0.05, 0.1) is 5.69 Å². The summed E-state index contributed by atoms with van der Waals surface area (Å²) in [5.41, 5.74) is 7.62. The number of hydrogen-bond donors (Lipinski definition) is 2. The molecule has 0 aliphatic rings. The number of aryl methyl sites for hydroxylation is 1. The maximum atomic E-state index is 13.5. The third-order valence-electron chi connectivity index (χ3n) is 2.71. The topological polar surface area (TPSA) is 64.3 Å². The lowest BCUT2D eigenvalue weighted by Crippen LogP contribution is -2.20. The predicted octanol–water partition coefficient (Wildman–Crippen LogP) is 3.50. The summed E-state index contributed by atoms with van der Waals surface area (Å²) in [6.07, 6.45) is 0. The lowest BCUT2D eigenvalue weighted by Gasteiger charge is -2.10. The minimum atomic E-state index is -0.498.